The summed E-state index contributed by atoms with van der Waals surface area (Å²) in [5, 5.41) is 9.81. The molecule has 0 unspecified atom stereocenters. The number of alkyl halides is 3. The third-order valence-corrected chi connectivity index (χ3v) is 3.97. The van der Waals surface area contributed by atoms with E-state index in [1.54, 1.807) is 4.90 Å². The molecule has 0 aliphatic carbocycles. The first kappa shape index (κ1) is 15.5. The summed E-state index contributed by atoms with van der Waals surface area (Å²) >= 11 is 5.88. The fourth-order valence-corrected chi connectivity index (χ4v) is 2.48. The van der Waals surface area contributed by atoms with E-state index in [1.807, 2.05) is 0 Å². The predicted octanol–water partition coefficient (Wildman–Crippen LogP) is 3.37. The van der Waals surface area contributed by atoms with Crippen molar-refractivity contribution in [2.45, 2.75) is 31.2 Å². The lowest BCUT2D eigenvalue weighted by molar-refractivity contribution is -0.272. The van der Waals surface area contributed by atoms with Crippen LogP contribution in [0.3, 0.4) is 0 Å². The normalized spacial score (nSPS) is 20.1. The Morgan fingerprint density at radius 3 is 2.35 bits per heavy atom. The maximum atomic E-state index is 12.9. The lowest BCUT2D eigenvalue weighted by Gasteiger charge is -2.39. The summed E-state index contributed by atoms with van der Waals surface area (Å²) in [6.07, 6.45) is -5.34. The van der Waals surface area contributed by atoms with Gasteiger partial charge in [0.2, 0.25) is 0 Å². The summed E-state index contributed by atoms with van der Waals surface area (Å²) in [6, 6.07) is 3.95. The maximum absolute atomic E-state index is 12.9. The van der Waals surface area contributed by atoms with Crippen molar-refractivity contribution in [1.29, 1.82) is 0 Å². The van der Waals surface area contributed by atoms with Crippen LogP contribution < -0.4 is 0 Å². The van der Waals surface area contributed by atoms with Crippen LogP contribution >= 0.6 is 11.6 Å². The molecule has 1 fully saturated rings. The van der Waals surface area contributed by atoms with E-state index in [1.165, 1.54) is 18.2 Å². The minimum Gasteiger partial charge on any atom is -0.380 e. The molecule has 0 atom stereocenters. The number of halogens is 5. The Balaban J connectivity index is 1.98. The molecule has 112 valence electrons. The molecule has 1 heterocycles. The van der Waals surface area contributed by atoms with Gasteiger partial charge in [-0.05, 0) is 30.5 Å². The van der Waals surface area contributed by atoms with Gasteiger partial charge in [-0.25, -0.2) is 4.39 Å². The second kappa shape index (κ2) is 5.50. The third kappa shape index (κ3) is 3.24. The van der Waals surface area contributed by atoms with Gasteiger partial charge in [0.05, 0.1) is 0 Å². The number of aliphatic hydroxyl groups is 1. The van der Waals surface area contributed by atoms with Gasteiger partial charge in [0, 0.05) is 24.7 Å². The summed E-state index contributed by atoms with van der Waals surface area (Å²) < 4.78 is 50.9. The Morgan fingerprint density at radius 2 is 1.85 bits per heavy atom. The van der Waals surface area contributed by atoms with Crippen LogP contribution in [0.2, 0.25) is 5.02 Å². The predicted molar refractivity (Wildman–Crippen MR) is 66.9 cm³/mol. The highest BCUT2D eigenvalue weighted by Gasteiger charge is 2.54. The molecule has 2 rings (SSSR count). The van der Waals surface area contributed by atoms with Crippen LogP contribution in [0.5, 0.6) is 0 Å². The van der Waals surface area contributed by atoms with Crippen LogP contribution in [0.25, 0.3) is 0 Å². The molecular formula is C13H14ClF4NO. The zero-order chi connectivity index (χ0) is 15.0. The Bertz CT molecular complexity index is 484. The van der Waals surface area contributed by atoms with E-state index in [9.17, 15) is 22.7 Å². The Hall–Kier alpha value is -0.850. The molecule has 1 N–H and O–H groups in total. The quantitative estimate of drug-likeness (QED) is 0.847. The topological polar surface area (TPSA) is 23.5 Å². The number of rotatable bonds is 2. The van der Waals surface area contributed by atoms with Crippen LogP contribution in [0, 0.1) is 5.82 Å². The molecule has 0 spiro atoms. The van der Waals surface area contributed by atoms with Crippen molar-refractivity contribution in [2.75, 3.05) is 13.1 Å². The van der Waals surface area contributed by atoms with E-state index >= 15 is 0 Å². The van der Waals surface area contributed by atoms with Crippen LogP contribution in [-0.4, -0.2) is 34.9 Å². The molecule has 7 heteroatoms. The first-order valence-electron chi connectivity index (χ1n) is 6.17. The smallest absolute Gasteiger partial charge is 0.380 e. The largest absolute Gasteiger partial charge is 0.417 e. The van der Waals surface area contributed by atoms with Crippen molar-refractivity contribution in [1.82, 2.24) is 4.90 Å². The van der Waals surface area contributed by atoms with E-state index in [-0.39, 0.29) is 31.0 Å². The highest BCUT2D eigenvalue weighted by molar-refractivity contribution is 6.31. The van der Waals surface area contributed by atoms with Crippen LogP contribution in [0.4, 0.5) is 17.6 Å². The summed E-state index contributed by atoms with van der Waals surface area (Å²) in [5.41, 5.74) is -1.94. The van der Waals surface area contributed by atoms with E-state index in [2.05, 4.69) is 0 Å². The fourth-order valence-electron chi connectivity index (χ4n) is 2.26. The van der Waals surface area contributed by atoms with Crippen LogP contribution in [0.1, 0.15) is 18.4 Å². The molecule has 0 bridgehead atoms. The fraction of sp³-hybridized carbons (Fsp3) is 0.538. The van der Waals surface area contributed by atoms with Crippen molar-refractivity contribution in [3.8, 4) is 0 Å². The summed E-state index contributed by atoms with van der Waals surface area (Å²) in [5.74, 6) is -0.455. The zero-order valence-electron chi connectivity index (χ0n) is 10.6. The average molecular weight is 312 g/mol. The number of benzene rings is 1. The number of hydrogen-bond acceptors (Lipinski definition) is 2. The monoisotopic (exact) mass is 311 g/mol. The SMILES string of the molecule is OC1(C(F)(F)F)CCN(Cc2ccc(F)cc2Cl)CC1. The van der Waals surface area contributed by atoms with Gasteiger partial charge in [0.25, 0.3) is 0 Å². The van der Waals surface area contributed by atoms with E-state index in [0.717, 1.165) is 0 Å². The van der Waals surface area contributed by atoms with Crippen LogP contribution in [0.15, 0.2) is 18.2 Å². The molecular weight excluding hydrogens is 298 g/mol. The molecule has 2 nitrogen and oxygen atoms in total. The third-order valence-electron chi connectivity index (χ3n) is 3.62. The minimum atomic E-state index is -4.60. The highest BCUT2D eigenvalue weighted by Crippen LogP contribution is 2.38. The molecule has 1 aromatic carbocycles. The van der Waals surface area contributed by atoms with Gasteiger partial charge in [0.15, 0.2) is 5.60 Å². The average Bonchev–Trinajstić information content (AvgIpc) is 2.34. The van der Waals surface area contributed by atoms with Crippen molar-refractivity contribution < 1.29 is 22.7 Å². The standard InChI is InChI=1S/C13H14ClF4NO/c14-11-7-10(15)2-1-9(11)8-19-5-3-12(20,4-6-19)13(16,17)18/h1-2,7,20H,3-6,8H2. The van der Waals surface area contributed by atoms with Crippen molar-refractivity contribution in [3.05, 3.63) is 34.6 Å². The van der Waals surface area contributed by atoms with Crippen molar-refractivity contribution in [3.63, 3.8) is 0 Å². The molecule has 0 radical (unpaired) electrons. The van der Waals surface area contributed by atoms with Gasteiger partial charge in [-0.15, -0.1) is 0 Å². The minimum absolute atomic E-state index is 0.115. The molecule has 1 aliphatic heterocycles. The maximum Gasteiger partial charge on any atom is 0.417 e. The molecule has 0 aromatic heterocycles. The number of hydrogen-bond donors (Lipinski definition) is 1. The van der Waals surface area contributed by atoms with E-state index in [0.29, 0.717) is 12.1 Å². The van der Waals surface area contributed by atoms with Gasteiger partial charge in [-0.1, -0.05) is 17.7 Å². The molecule has 0 saturated carbocycles. The lowest BCUT2D eigenvalue weighted by Crippen LogP contribution is -2.53. The second-order valence-electron chi connectivity index (χ2n) is 5.04. The van der Waals surface area contributed by atoms with Crippen LogP contribution in [-0.2, 0) is 6.54 Å². The second-order valence-corrected chi connectivity index (χ2v) is 5.45. The first-order valence-corrected chi connectivity index (χ1v) is 6.54. The number of piperidine rings is 1. The highest BCUT2D eigenvalue weighted by atomic mass is 35.5. The van der Waals surface area contributed by atoms with Gasteiger partial charge in [0.1, 0.15) is 5.82 Å². The summed E-state index contributed by atoms with van der Waals surface area (Å²) in [6.45, 7) is 0.570. The zero-order valence-corrected chi connectivity index (χ0v) is 11.3. The number of nitrogens with zero attached hydrogens (tertiary/aromatic N) is 1. The van der Waals surface area contributed by atoms with Gasteiger partial charge in [-0.3, -0.25) is 4.90 Å². The Labute approximate surface area is 118 Å². The molecule has 20 heavy (non-hydrogen) atoms. The first-order chi connectivity index (χ1) is 9.21. The van der Waals surface area contributed by atoms with Crippen molar-refractivity contribution in [2.24, 2.45) is 0 Å². The number of likely N-dealkylation sites (tertiary alicyclic amines) is 1. The van der Waals surface area contributed by atoms with Crippen molar-refractivity contribution >= 4 is 11.6 Å². The van der Waals surface area contributed by atoms with Gasteiger partial charge < -0.3 is 5.11 Å². The molecule has 1 saturated heterocycles. The summed E-state index contributed by atoms with van der Waals surface area (Å²) in [4.78, 5) is 1.76. The van der Waals surface area contributed by atoms with E-state index < -0.39 is 17.6 Å². The van der Waals surface area contributed by atoms with Gasteiger partial charge in [-0.2, -0.15) is 13.2 Å². The van der Waals surface area contributed by atoms with E-state index in [4.69, 9.17) is 11.6 Å². The summed E-state index contributed by atoms with van der Waals surface area (Å²) in [7, 11) is 0. The molecule has 0 amide bonds. The lowest BCUT2D eigenvalue weighted by atomic mass is 9.90. The van der Waals surface area contributed by atoms with Gasteiger partial charge >= 0.3 is 6.18 Å². The molecule has 1 aliphatic rings. The Morgan fingerprint density at radius 1 is 1.25 bits per heavy atom. The molecule has 1 aromatic rings. The Kier molecular flexibility index (Phi) is 4.27.